The third-order valence-electron chi connectivity index (χ3n) is 6.02. The van der Waals surface area contributed by atoms with Crippen LogP contribution < -0.4 is 9.64 Å². The molecule has 0 N–H and O–H groups in total. The molecular formula is C26H25N5O2S. The second-order valence-corrected chi connectivity index (χ2v) is 9.09. The number of thioether (sulfide) groups is 1. The average molecular weight is 472 g/mol. The lowest BCUT2D eigenvalue weighted by Gasteiger charge is -2.35. The SMILES string of the molecule is COc1ccc(-n2c(SCC(=O)N3c4ccccc4CCC3C)nnc2-c2ccncc2)cc1. The summed E-state index contributed by atoms with van der Waals surface area (Å²) in [4.78, 5) is 19.4. The van der Waals surface area contributed by atoms with Crippen LogP contribution in [0.5, 0.6) is 5.75 Å². The quantitative estimate of drug-likeness (QED) is 0.376. The topological polar surface area (TPSA) is 73.1 Å². The van der Waals surface area contributed by atoms with Gasteiger partial charge < -0.3 is 9.64 Å². The monoisotopic (exact) mass is 471 g/mol. The van der Waals surface area contributed by atoms with Gasteiger partial charge in [0.1, 0.15) is 5.75 Å². The zero-order valence-corrected chi connectivity index (χ0v) is 19.9. The summed E-state index contributed by atoms with van der Waals surface area (Å²) < 4.78 is 7.28. The van der Waals surface area contributed by atoms with Crippen molar-refractivity contribution in [3.05, 3.63) is 78.6 Å². The van der Waals surface area contributed by atoms with Crippen molar-refractivity contribution in [1.82, 2.24) is 19.7 Å². The molecule has 0 fully saturated rings. The third kappa shape index (κ3) is 4.28. The molecule has 0 saturated carbocycles. The number of carbonyl (C=O) groups excluding carboxylic acids is 1. The molecule has 3 heterocycles. The van der Waals surface area contributed by atoms with Gasteiger partial charge in [0.25, 0.3) is 0 Å². The molecule has 172 valence electrons. The summed E-state index contributed by atoms with van der Waals surface area (Å²) in [5.41, 5.74) is 4.03. The molecule has 0 radical (unpaired) electrons. The first-order valence-electron chi connectivity index (χ1n) is 11.2. The average Bonchev–Trinajstić information content (AvgIpc) is 3.31. The van der Waals surface area contributed by atoms with Gasteiger partial charge in [0, 0.05) is 35.4 Å². The van der Waals surface area contributed by atoms with Crippen LogP contribution in [0.15, 0.2) is 78.2 Å². The molecule has 1 atom stereocenters. The molecular weight excluding hydrogens is 446 g/mol. The Labute approximate surface area is 202 Å². The highest BCUT2D eigenvalue weighted by Gasteiger charge is 2.28. The van der Waals surface area contributed by atoms with Crippen LogP contribution in [0.2, 0.25) is 0 Å². The number of aromatic nitrogens is 4. The largest absolute Gasteiger partial charge is 0.497 e. The van der Waals surface area contributed by atoms with E-state index in [0.29, 0.717) is 11.0 Å². The molecule has 34 heavy (non-hydrogen) atoms. The zero-order chi connectivity index (χ0) is 23.5. The summed E-state index contributed by atoms with van der Waals surface area (Å²) in [6.45, 7) is 2.11. The molecule has 0 aliphatic carbocycles. The molecule has 1 amide bonds. The maximum atomic E-state index is 13.4. The fourth-order valence-corrected chi connectivity index (χ4v) is 5.09. The Morgan fingerprint density at radius 2 is 1.82 bits per heavy atom. The van der Waals surface area contributed by atoms with E-state index in [1.165, 1.54) is 17.3 Å². The lowest BCUT2D eigenvalue weighted by molar-refractivity contribution is -0.116. The number of amides is 1. The van der Waals surface area contributed by atoms with Crippen LogP contribution in [0.25, 0.3) is 17.1 Å². The molecule has 0 bridgehead atoms. The number of hydrogen-bond acceptors (Lipinski definition) is 6. The second-order valence-electron chi connectivity index (χ2n) is 8.14. The number of benzene rings is 2. The van der Waals surface area contributed by atoms with E-state index in [4.69, 9.17) is 4.74 Å². The number of pyridine rings is 1. The van der Waals surface area contributed by atoms with Gasteiger partial charge in [-0.25, -0.2) is 0 Å². The Hall–Kier alpha value is -3.65. The van der Waals surface area contributed by atoms with E-state index in [1.807, 2.05) is 64.1 Å². The lowest BCUT2D eigenvalue weighted by Crippen LogP contribution is -2.43. The maximum Gasteiger partial charge on any atom is 0.237 e. The molecule has 4 aromatic rings. The molecule has 0 saturated heterocycles. The van der Waals surface area contributed by atoms with E-state index < -0.39 is 0 Å². The standard InChI is InChI=1S/C26H25N5O2S/c1-18-7-8-19-5-3-4-6-23(19)30(18)24(32)17-34-26-29-28-25(20-13-15-27-16-14-20)31(26)21-9-11-22(33-2)12-10-21/h3-6,9-16,18H,7-8,17H2,1-2H3. The minimum Gasteiger partial charge on any atom is -0.497 e. The van der Waals surface area contributed by atoms with E-state index in [2.05, 4.69) is 28.2 Å². The van der Waals surface area contributed by atoms with Crippen molar-refractivity contribution >= 4 is 23.4 Å². The number of hydrogen-bond donors (Lipinski definition) is 0. The molecule has 8 heteroatoms. The maximum absolute atomic E-state index is 13.4. The number of methoxy groups -OCH3 is 1. The van der Waals surface area contributed by atoms with Crippen LogP contribution in [0.3, 0.4) is 0 Å². The van der Waals surface area contributed by atoms with Gasteiger partial charge in [0.2, 0.25) is 5.91 Å². The van der Waals surface area contributed by atoms with Crippen LogP contribution in [0.1, 0.15) is 18.9 Å². The fourth-order valence-electron chi connectivity index (χ4n) is 4.28. The van der Waals surface area contributed by atoms with Gasteiger partial charge in [-0.05, 0) is 67.8 Å². The summed E-state index contributed by atoms with van der Waals surface area (Å²) in [6.07, 6.45) is 5.42. The van der Waals surface area contributed by atoms with Gasteiger partial charge in [0.05, 0.1) is 12.9 Å². The molecule has 7 nitrogen and oxygen atoms in total. The molecule has 2 aromatic carbocycles. The first-order valence-corrected chi connectivity index (χ1v) is 12.2. The van der Waals surface area contributed by atoms with Crippen molar-refractivity contribution in [2.75, 3.05) is 17.8 Å². The molecule has 1 aliphatic rings. The van der Waals surface area contributed by atoms with Gasteiger partial charge >= 0.3 is 0 Å². The van der Waals surface area contributed by atoms with Crippen molar-refractivity contribution in [2.24, 2.45) is 0 Å². The highest BCUT2D eigenvalue weighted by Crippen LogP contribution is 2.33. The van der Waals surface area contributed by atoms with Gasteiger partial charge in [-0.15, -0.1) is 10.2 Å². The predicted octanol–water partition coefficient (Wildman–Crippen LogP) is 4.80. The Balaban J connectivity index is 1.45. The highest BCUT2D eigenvalue weighted by atomic mass is 32.2. The highest BCUT2D eigenvalue weighted by molar-refractivity contribution is 7.99. The number of anilines is 1. The van der Waals surface area contributed by atoms with Gasteiger partial charge in [-0.3, -0.25) is 14.3 Å². The van der Waals surface area contributed by atoms with Gasteiger partial charge in [0.15, 0.2) is 11.0 Å². The first-order chi connectivity index (χ1) is 16.7. The Morgan fingerprint density at radius 3 is 2.59 bits per heavy atom. The zero-order valence-electron chi connectivity index (χ0n) is 19.1. The third-order valence-corrected chi connectivity index (χ3v) is 6.93. The van der Waals surface area contributed by atoms with Crippen molar-refractivity contribution in [1.29, 1.82) is 0 Å². The van der Waals surface area contributed by atoms with Crippen LogP contribution in [0.4, 0.5) is 5.69 Å². The smallest absolute Gasteiger partial charge is 0.237 e. The van der Waals surface area contributed by atoms with Crippen LogP contribution >= 0.6 is 11.8 Å². The molecule has 5 rings (SSSR count). The van der Waals surface area contributed by atoms with E-state index in [-0.39, 0.29) is 17.7 Å². The molecule has 0 spiro atoms. The van der Waals surface area contributed by atoms with E-state index in [1.54, 1.807) is 19.5 Å². The summed E-state index contributed by atoms with van der Waals surface area (Å²) in [5, 5.41) is 9.56. The van der Waals surface area contributed by atoms with E-state index >= 15 is 0 Å². The van der Waals surface area contributed by atoms with Crippen LogP contribution in [-0.2, 0) is 11.2 Å². The number of nitrogens with zero attached hydrogens (tertiary/aromatic N) is 5. The number of fused-ring (bicyclic) bond motifs is 1. The second kappa shape index (κ2) is 9.69. The summed E-state index contributed by atoms with van der Waals surface area (Å²) in [5.74, 6) is 1.80. The first kappa shape index (κ1) is 22.2. The number of carbonyl (C=O) groups is 1. The van der Waals surface area contributed by atoms with Crippen LogP contribution in [0, 0.1) is 0 Å². The minimum atomic E-state index is 0.0689. The Morgan fingerprint density at radius 1 is 1.06 bits per heavy atom. The van der Waals surface area contributed by atoms with Gasteiger partial charge in [-0.2, -0.15) is 0 Å². The van der Waals surface area contributed by atoms with Crippen molar-refractivity contribution in [3.63, 3.8) is 0 Å². The number of ether oxygens (including phenoxy) is 1. The van der Waals surface area contributed by atoms with Gasteiger partial charge in [-0.1, -0.05) is 30.0 Å². The fraction of sp³-hybridized carbons (Fsp3) is 0.231. The van der Waals surface area contributed by atoms with Crippen molar-refractivity contribution < 1.29 is 9.53 Å². The van der Waals surface area contributed by atoms with Crippen LogP contribution in [-0.4, -0.2) is 44.6 Å². The summed E-state index contributed by atoms with van der Waals surface area (Å²) in [7, 11) is 1.64. The van der Waals surface area contributed by atoms with Crippen molar-refractivity contribution in [2.45, 2.75) is 31.0 Å². The Kier molecular flexibility index (Phi) is 6.31. The minimum absolute atomic E-state index is 0.0689. The van der Waals surface area contributed by atoms with E-state index in [0.717, 1.165) is 35.5 Å². The Bertz CT molecular complexity index is 1290. The van der Waals surface area contributed by atoms with Crippen molar-refractivity contribution in [3.8, 4) is 22.8 Å². The predicted molar refractivity (Wildman–Crippen MR) is 134 cm³/mol. The normalized spacial score (nSPS) is 15.1. The van der Waals surface area contributed by atoms with E-state index in [9.17, 15) is 4.79 Å². The summed E-state index contributed by atoms with van der Waals surface area (Å²) >= 11 is 1.40. The number of aryl methyl sites for hydroxylation is 1. The number of rotatable bonds is 6. The lowest BCUT2D eigenvalue weighted by atomic mass is 9.97. The molecule has 1 unspecified atom stereocenters. The molecule has 2 aromatic heterocycles. The number of para-hydroxylation sites is 1. The molecule has 1 aliphatic heterocycles. The summed E-state index contributed by atoms with van der Waals surface area (Å²) in [6, 6.07) is 19.8.